The van der Waals surface area contributed by atoms with Gasteiger partial charge in [0.2, 0.25) is 0 Å². The van der Waals surface area contributed by atoms with Crippen LogP contribution in [0.15, 0.2) is 46.9 Å². The van der Waals surface area contributed by atoms with Gasteiger partial charge in [0.15, 0.2) is 0 Å². The van der Waals surface area contributed by atoms with E-state index in [9.17, 15) is 31.1 Å². The Morgan fingerprint density at radius 1 is 0.923 bits per heavy atom. The molecule has 0 saturated heterocycles. The van der Waals surface area contributed by atoms with Gasteiger partial charge in [-0.15, -0.1) is 0 Å². The van der Waals surface area contributed by atoms with Crippen LogP contribution in [-0.4, -0.2) is 6.03 Å². The van der Waals surface area contributed by atoms with Gasteiger partial charge in [-0.3, -0.25) is 0 Å². The van der Waals surface area contributed by atoms with Gasteiger partial charge in [0, 0.05) is 16.7 Å². The summed E-state index contributed by atoms with van der Waals surface area (Å²) in [4.78, 5) is 11.8. The Kier molecular flexibility index (Phi) is 5.84. The van der Waals surface area contributed by atoms with Crippen LogP contribution in [-0.2, 0) is 18.9 Å². The molecule has 3 nitrogen and oxygen atoms in total. The molecule has 0 aromatic heterocycles. The van der Waals surface area contributed by atoms with Crippen molar-refractivity contribution in [1.82, 2.24) is 5.32 Å². The molecular formula is C16H11BrF6N2O. The van der Waals surface area contributed by atoms with E-state index >= 15 is 0 Å². The molecule has 0 bridgehead atoms. The molecule has 0 saturated carbocycles. The second-order valence-corrected chi connectivity index (χ2v) is 6.05. The van der Waals surface area contributed by atoms with E-state index in [0.717, 1.165) is 0 Å². The van der Waals surface area contributed by atoms with Crippen molar-refractivity contribution in [3.63, 3.8) is 0 Å². The Hall–Kier alpha value is -2.23. The van der Waals surface area contributed by atoms with Gasteiger partial charge in [-0.2, -0.15) is 26.3 Å². The predicted molar refractivity (Wildman–Crippen MR) is 86.4 cm³/mol. The Morgan fingerprint density at radius 2 is 1.46 bits per heavy atom. The van der Waals surface area contributed by atoms with Crippen molar-refractivity contribution in [3.05, 3.63) is 63.6 Å². The summed E-state index contributed by atoms with van der Waals surface area (Å²) in [5.74, 6) is 0. The zero-order valence-electron chi connectivity index (χ0n) is 12.8. The number of nitrogens with one attached hydrogen (secondary N) is 2. The summed E-state index contributed by atoms with van der Waals surface area (Å²) < 4.78 is 77.4. The summed E-state index contributed by atoms with van der Waals surface area (Å²) >= 11 is 3.25. The van der Waals surface area contributed by atoms with Crippen LogP contribution in [0.4, 0.5) is 36.8 Å². The first-order valence-corrected chi connectivity index (χ1v) is 7.84. The lowest BCUT2D eigenvalue weighted by atomic mass is 10.1. The first kappa shape index (κ1) is 20.1. The Labute approximate surface area is 152 Å². The lowest BCUT2D eigenvalue weighted by Crippen LogP contribution is -2.28. The lowest BCUT2D eigenvalue weighted by Gasteiger charge is -2.15. The zero-order chi connectivity index (χ0) is 19.5. The number of hydrogen-bond acceptors (Lipinski definition) is 1. The fraction of sp³-hybridized carbons (Fsp3) is 0.188. The second-order valence-electron chi connectivity index (χ2n) is 5.19. The molecule has 10 heteroatoms. The number of alkyl halides is 6. The van der Waals surface area contributed by atoms with Crippen molar-refractivity contribution in [2.45, 2.75) is 18.9 Å². The molecule has 0 radical (unpaired) electrons. The van der Waals surface area contributed by atoms with Gasteiger partial charge in [0.25, 0.3) is 0 Å². The summed E-state index contributed by atoms with van der Waals surface area (Å²) in [5.41, 5.74) is -2.94. The van der Waals surface area contributed by atoms with Gasteiger partial charge >= 0.3 is 18.4 Å². The molecule has 26 heavy (non-hydrogen) atoms. The van der Waals surface area contributed by atoms with Crippen LogP contribution in [0.5, 0.6) is 0 Å². The number of benzene rings is 2. The molecular weight excluding hydrogens is 430 g/mol. The fourth-order valence-corrected chi connectivity index (χ4v) is 2.44. The maximum absolute atomic E-state index is 12.8. The van der Waals surface area contributed by atoms with Crippen LogP contribution in [0.2, 0.25) is 0 Å². The molecule has 0 aliphatic rings. The Balaban J connectivity index is 2.17. The average molecular weight is 441 g/mol. The first-order chi connectivity index (χ1) is 12.0. The predicted octanol–water partition coefficient (Wildman–Crippen LogP) is 5.81. The molecule has 2 aromatic rings. The van der Waals surface area contributed by atoms with E-state index in [0.29, 0.717) is 22.2 Å². The molecule has 2 aromatic carbocycles. The third-order valence-electron chi connectivity index (χ3n) is 3.24. The minimum Gasteiger partial charge on any atom is -0.334 e. The minimum absolute atomic E-state index is 0.00976. The van der Waals surface area contributed by atoms with Crippen LogP contribution in [0.25, 0.3) is 0 Å². The third-order valence-corrected chi connectivity index (χ3v) is 4.02. The molecule has 2 amide bonds. The number of rotatable bonds is 3. The Bertz CT molecular complexity index is 772. The summed E-state index contributed by atoms with van der Waals surface area (Å²) in [5, 5.41) is 4.35. The largest absolute Gasteiger partial charge is 0.416 e. The number of carbonyl (C=O) groups excluding carboxylic acids is 1. The molecule has 0 aliphatic heterocycles. The van der Waals surface area contributed by atoms with E-state index in [4.69, 9.17) is 0 Å². The monoisotopic (exact) mass is 440 g/mol. The molecule has 0 aliphatic carbocycles. The third kappa shape index (κ3) is 5.38. The summed E-state index contributed by atoms with van der Waals surface area (Å²) in [6, 6.07) is 6.79. The standard InChI is InChI=1S/C16H11BrF6N2O/c17-13-4-2-1-3-9(13)8-24-14(26)25-12-6-10(15(18,19)20)5-11(7-12)16(21,22)23/h1-7H,8H2,(H2,24,25,26). The second kappa shape index (κ2) is 7.56. The molecule has 2 N–H and O–H groups in total. The van der Waals surface area contributed by atoms with E-state index in [2.05, 4.69) is 21.2 Å². The van der Waals surface area contributed by atoms with Crippen molar-refractivity contribution in [2.75, 3.05) is 5.32 Å². The summed E-state index contributed by atoms with van der Waals surface area (Å²) in [6.45, 7) is 0.0261. The van der Waals surface area contributed by atoms with E-state index < -0.39 is 35.2 Å². The number of amides is 2. The van der Waals surface area contributed by atoms with E-state index in [1.807, 2.05) is 5.32 Å². The summed E-state index contributed by atoms with van der Waals surface area (Å²) in [6.07, 6.45) is -9.97. The van der Waals surface area contributed by atoms with Gasteiger partial charge in [0.1, 0.15) is 0 Å². The quantitative estimate of drug-likeness (QED) is 0.581. The first-order valence-electron chi connectivity index (χ1n) is 7.04. The van der Waals surface area contributed by atoms with E-state index in [1.165, 1.54) is 0 Å². The lowest BCUT2D eigenvalue weighted by molar-refractivity contribution is -0.143. The van der Waals surface area contributed by atoms with Crippen molar-refractivity contribution in [2.24, 2.45) is 0 Å². The smallest absolute Gasteiger partial charge is 0.334 e. The molecule has 2 rings (SSSR count). The number of urea groups is 1. The zero-order valence-corrected chi connectivity index (χ0v) is 14.4. The van der Waals surface area contributed by atoms with Crippen LogP contribution < -0.4 is 10.6 Å². The van der Waals surface area contributed by atoms with Crippen molar-refractivity contribution in [3.8, 4) is 0 Å². The van der Waals surface area contributed by atoms with Crippen molar-refractivity contribution in [1.29, 1.82) is 0 Å². The summed E-state index contributed by atoms with van der Waals surface area (Å²) in [7, 11) is 0. The average Bonchev–Trinajstić information content (AvgIpc) is 2.52. The van der Waals surface area contributed by atoms with Gasteiger partial charge in [0.05, 0.1) is 11.1 Å². The van der Waals surface area contributed by atoms with Gasteiger partial charge in [-0.05, 0) is 29.8 Å². The maximum Gasteiger partial charge on any atom is 0.416 e. The fourth-order valence-electron chi connectivity index (χ4n) is 2.02. The molecule has 0 unspecified atom stereocenters. The maximum atomic E-state index is 12.8. The number of halogens is 7. The molecule has 140 valence electrons. The highest BCUT2D eigenvalue weighted by Crippen LogP contribution is 2.37. The van der Waals surface area contributed by atoms with E-state index in [1.54, 1.807) is 24.3 Å². The Morgan fingerprint density at radius 3 is 1.96 bits per heavy atom. The SMILES string of the molecule is O=C(NCc1ccccc1Br)Nc1cc(C(F)(F)F)cc(C(F)(F)F)c1. The van der Waals surface area contributed by atoms with Gasteiger partial charge < -0.3 is 10.6 Å². The molecule has 0 fully saturated rings. The number of carbonyl (C=O) groups is 1. The molecule has 0 spiro atoms. The van der Waals surface area contributed by atoms with Gasteiger partial charge in [-0.25, -0.2) is 4.79 Å². The highest BCUT2D eigenvalue weighted by molar-refractivity contribution is 9.10. The van der Waals surface area contributed by atoms with Gasteiger partial charge in [-0.1, -0.05) is 34.1 Å². The number of hydrogen-bond donors (Lipinski definition) is 2. The molecule has 0 heterocycles. The van der Waals surface area contributed by atoms with Crippen LogP contribution in [0, 0.1) is 0 Å². The van der Waals surface area contributed by atoms with Crippen molar-refractivity contribution >= 4 is 27.6 Å². The normalized spacial score (nSPS) is 12.0. The van der Waals surface area contributed by atoms with Crippen LogP contribution in [0.3, 0.4) is 0 Å². The van der Waals surface area contributed by atoms with Crippen molar-refractivity contribution < 1.29 is 31.1 Å². The number of anilines is 1. The van der Waals surface area contributed by atoms with E-state index in [-0.39, 0.29) is 12.6 Å². The minimum atomic E-state index is -4.98. The molecule has 0 atom stereocenters. The van der Waals surface area contributed by atoms with Crippen LogP contribution >= 0.6 is 15.9 Å². The highest BCUT2D eigenvalue weighted by atomic mass is 79.9. The highest BCUT2D eigenvalue weighted by Gasteiger charge is 2.37. The van der Waals surface area contributed by atoms with Crippen LogP contribution in [0.1, 0.15) is 16.7 Å². The topological polar surface area (TPSA) is 41.1 Å².